The molecule has 50 heavy (non-hydrogen) atoms. The van der Waals surface area contributed by atoms with E-state index in [4.69, 9.17) is 17.0 Å². The fourth-order valence-corrected chi connectivity index (χ4v) is 6.63. The third-order valence-corrected chi connectivity index (χ3v) is 9.16. The van der Waals surface area contributed by atoms with E-state index in [9.17, 15) is 0 Å². The average molecular weight is 799 g/mol. The number of hydrogen-bond donors (Lipinski definition) is 0. The van der Waals surface area contributed by atoms with E-state index in [1.807, 2.05) is 0 Å². The molecule has 0 spiro atoms. The van der Waals surface area contributed by atoms with E-state index in [2.05, 4.69) is 179 Å². The predicted molar refractivity (Wildman–Crippen MR) is 225 cm³/mol. The summed E-state index contributed by atoms with van der Waals surface area (Å²) in [6.45, 7) is 27.0. The summed E-state index contributed by atoms with van der Waals surface area (Å²) in [6, 6.07) is 36.2. The topological polar surface area (TPSA) is 0 Å². The van der Waals surface area contributed by atoms with Gasteiger partial charge in [-0.25, -0.2) is 0 Å². The molecule has 6 rings (SSSR count). The number of benzene rings is 4. The molecule has 0 aliphatic rings. The minimum absolute atomic E-state index is 0.134. The fraction of sp³-hybridized carbons (Fsp3) is 0.348. The van der Waals surface area contributed by atoms with Gasteiger partial charge in [0.15, 0.2) is 0 Å². The first-order valence-electron chi connectivity index (χ1n) is 17.8. The zero-order valence-corrected chi connectivity index (χ0v) is 37.4. The molecule has 0 bridgehead atoms. The molecular formula is C46H56Cl2SiZr. The fourth-order valence-electron chi connectivity index (χ4n) is 6.63. The van der Waals surface area contributed by atoms with E-state index >= 15 is 0 Å². The van der Waals surface area contributed by atoms with Crippen LogP contribution in [-0.2, 0) is 44.5 Å². The molecular weight excluding hydrogens is 743 g/mol. The number of hydrogen-bond acceptors (Lipinski definition) is 0. The Balaban J connectivity index is 0.000000234. The van der Waals surface area contributed by atoms with E-state index in [0.717, 1.165) is 22.4 Å². The second-order valence-electron chi connectivity index (χ2n) is 15.1. The van der Waals surface area contributed by atoms with Crippen LogP contribution in [0.2, 0.25) is 13.1 Å². The van der Waals surface area contributed by atoms with Crippen molar-refractivity contribution in [1.82, 2.24) is 0 Å². The number of halogens is 2. The Labute approximate surface area is 325 Å². The van der Waals surface area contributed by atoms with Crippen LogP contribution in [0, 0.1) is 13.8 Å². The zero-order chi connectivity index (χ0) is 37.2. The maximum atomic E-state index is 4.93. The number of aryl methyl sites for hydroxylation is 4. The summed E-state index contributed by atoms with van der Waals surface area (Å²) in [6.07, 6.45) is 2.18. The van der Waals surface area contributed by atoms with Crippen molar-refractivity contribution in [1.29, 1.82) is 0 Å². The molecule has 0 saturated carbocycles. The number of fused-ring (bicyclic) bond motifs is 2. The van der Waals surface area contributed by atoms with Crippen LogP contribution < -0.4 is 0 Å². The van der Waals surface area contributed by atoms with Crippen LogP contribution in [0.3, 0.4) is 0 Å². The van der Waals surface area contributed by atoms with Crippen molar-refractivity contribution in [2.45, 2.75) is 106 Å². The third kappa shape index (κ3) is 10.4. The summed E-state index contributed by atoms with van der Waals surface area (Å²) < 4.78 is 0. The summed E-state index contributed by atoms with van der Waals surface area (Å²) in [5.41, 5.74) is 14.3. The van der Waals surface area contributed by atoms with E-state index in [0.29, 0.717) is 0 Å². The quantitative estimate of drug-likeness (QED) is 0.123. The molecule has 0 amide bonds. The van der Waals surface area contributed by atoms with Crippen LogP contribution in [0.4, 0.5) is 0 Å². The standard InChI is InChI=1S/2C22H25.C2H6Si.2ClH.Zr/c2*1-6-16-13-17-11-12-20(22(3,4)5)21(19(17)14-16)18-10-8-7-9-15(18)2;1-3-2;;;/h2*7-14H,6H2,1-5H3;1-2H3;2*1H;/q2*-1;;;;+4/p-2. The van der Waals surface area contributed by atoms with Crippen molar-refractivity contribution in [2.24, 2.45) is 0 Å². The minimum atomic E-state index is -0.826. The molecule has 0 unspecified atom stereocenters. The van der Waals surface area contributed by atoms with Crippen molar-refractivity contribution >= 4 is 48.1 Å². The van der Waals surface area contributed by atoms with E-state index in [-0.39, 0.29) is 10.8 Å². The molecule has 0 N–H and O–H groups in total. The average Bonchev–Trinajstić information content (AvgIpc) is 3.69. The van der Waals surface area contributed by atoms with E-state index in [1.54, 1.807) is 0 Å². The molecule has 0 aliphatic heterocycles. The van der Waals surface area contributed by atoms with Crippen molar-refractivity contribution < 1.29 is 20.8 Å². The first kappa shape index (κ1) is 42.2. The van der Waals surface area contributed by atoms with Crippen LogP contribution in [0.1, 0.15) is 88.8 Å². The van der Waals surface area contributed by atoms with Gasteiger partial charge in [-0.15, -0.1) is 69.1 Å². The zero-order valence-electron chi connectivity index (χ0n) is 32.4. The molecule has 0 aliphatic carbocycles. The Morgan fingerprint density at radius 2 is 0.900 bits per heavy atom. The Kier molecular flexibility index (Phi) is 16.1. The predicted octanol–water partition coefficient (Wildman–Crippen LogP) is 15.0. The molecule has 0 aromatic heterocycles. The Bertz CT molecular complexity index is 1820. The van der Waals surface area contributed by atoms with Gasteiger partial charge in [0.2, 0.25) is 0 Å². The normalized spacial score (nSPS) is 11.2. The van der Waals surface area contributed by atoms with Gasteiger partial charge in [0.1, 0.15) is 0 Å². The van der Waals surface area contributed by atoms with Gasteiger partial charge < -0.3 is 0 Å². The van der Waals surface area contributed by atoms with Crippen LogP contribution >= 0.6 is 17.0 Å². The molecule has 2 radical (unpaired) electrons. The molecule has 4 heteroatoms. The Hall–Kier alpha value is -2.22. The van der Waals surface area contributed by atoms with Crippen LogP contribution in [0.25, 0.3) is 43.8 Å². The molecule has 0 nitrogen and oxygen atoms in total. The van der Waals surface area contributed by atoms with Crippen LogP contribution in [-0.4, -0.2) is 9.52 Å². The van der Waals surface area contributed by atoms with Gasteiger partial charge in [0, 0.05) is 9.52 Å². The van der Waals surface area contributed by atoms with Gasteiger partial charge >= 0.3 is 37.9 Å². The third-order valence-electron chi connectivity index (χ3n) is 9.16. The van der Waals surface area contributed by atoms with Crippen LogP contribution in [0.15, 0.2) is 97.1 Å². The molecule has 0 saturated heterocycles. The SMILES string of the molecule is CCc1cc2c(-c3ccccc3C)c(C(C)(C)C)ccc2[cH-]1.CCc1cc2c(-c3ccccc3C)c(C(C)(C)C)ccc2[cH-]1.C[Si]C.[Cl][Zr+2][Cl]. The van der Waals surface area contributed by atoms with Gasteiger partial charge in [-0.2, -0.15) is 12.1 Å². The van der Waals surface area contributed by atoms with Crippen molar-refractivity contribution in [2.75, 3.05) is 0 Å². The Morgan fingerprint density at radius 1 is 0.580 bits per heavy atom. The summed E-state index contributed by atoms with van der Waals surface area (Å²) in [5.74, 6) is 0. The maximum absolute atomic E-state index is 4.93. The molecule has 6 aromatic rings. The number of rotatable bonds is 4. The Morgan fingerprint density at radius 3 is 1.18 bits per heavy atom. The van der Waals surface area contributed by atoms with Gasteiger partial charge in [-0.05, 0) is 59.8 Å². The van der Waals surface area contributed by atoms with E-state index in [1.165, 1.54) is 77.2 Å². The monoisotopic (exact) mass is 796 g/mol. The molecule has 0 atom stereocenters. The second-order valence-corrected chi connectivity index (χ2v) is 19.8. The van der Waals surface area contributed by atoms with Crippen molar-refractivity contribution in [3.05, 3.63) is 130 Å². The summed E-state index contributed by atoms with van der Waals surface area (Å²) >= 11 is -0.826. The van der Waals surface area contributed by atoms with E-state index < -0.39 is 20.8 Å². The first-order chi connectivity index (χ1) is 23.7. The van der Waals surface area contributed by atoms with Crippen molar-refractivity contribution in [3.63, 3.8) is 0 Å². The van der Waals surface area contributed by atoms with Crippen molar-refractivity contribution in [3.8, 4) is 22.3 Å². The first-order valence-corrected chi connectivity index (χ1v) is 26.1. The van der Waals surface area contributed by atoms with Crippen LogP contribution in [0.5, 0.6) is 0 Å². The van der Waals surface area contributed by atoms with Gasteiger partial charge in [-0.1, -0.05) is 139 Å². The summed E-state index contributed by atoms with van der Waals surface area (Å²) in [4.78, 5) is 0. The molecule has 0 fully saturated rings. The molecule has 0 heterocycles. The molecule has 6 aromatic carbocycles. The van der Waals surface area contributed by atoms with Gasteiger partial charge in [0.05, 0.1) is 0 Å². The molecule has 262 valence electrons. The summed E-state index contributed by atoms with van der Waals surface area (Å²) in [5, 5.41) is 5.53. The van der Waals surface area contributed by atoms with Gasteiger partial charge in [0.25, 0.3) is 0 Å². The second kappa shape index (κ2) is 19.0. The van der Waals surface area contributed by atoms with Gasteiger partial charge in [-0.3, -0.25) is 0 Å². The summed E-state index contributed by atoms with van der Waals surface area (Å²) in [7, 11) is 11.0.